The molecule has 11 nitrogen and oxygen atoms in total. The molecule has 0 saturated carbocycles. The molecule has 0 unspecified atom stereocenters. The van der Waals surface area contributed by atoms with Crippen LogP contribution in [0.4, 0.5) is 5.82 Å². The third-order valence-corrected chi connectivity index (χ3v) is 9.90. The predicted molar refractivity (Wildman–Crippen MR) is 199 cm³/mol. The molecule has 6 aromatic rings. The average Bonchev–Trinajstić information content (AvgIpc) is 3.67. The molecule has 0 bridgehead atoms. The van der Waals surface area contributed by atoms with Crippen molar-refractivity contribution in [2.75, 3.05) is 26.1 Å². The van der Waals surface area contributed by atoms with Crippen LogP contribution in [0, 0.1) is 3.57 Å². The normalized spacial score (nSPS) is 18.8. The number of anilines is 1. The Kier molecular flexibility index (Phi) is 10.0. The van der Waals surface area contributed by atoms with Crippen molar-refractivity contribution >= 4 is 45.3 Å². The molecule has 4 aromatic carbocycles. The molecule has 12 heteroatoms. The largest absolute Gasteiger partial charge is 0.497 e. The van der Waals surface area contributed by atoms with Crippen molar-refractivity contribution < 1.29 is 34.0 Å². The number of methoxy groups -OCH3 is 2. The van der Waals surface area contributed by atoms with E-state index in [0.717, 1.165) is 20.3 Å². The van der Waals surface area contributed by atoms with Crippen LogP contribution in [0.2, 0.25) is 0 Å². The third kappa shape index (κ3) is 6.56. The van der Waals surface area contributed by atoms with Crippen LogP contribution in [-0.2, 0) is 15.1 Å². The summed E-state index contributed by atoms with van der Waals surface area (Å²) in [6, 6.07) is 33.9. The minimum atomic E-state index is -1.32. The highest BCUT2D eigenvalue weighted by Crippen LogP contribution is 2.43. The van der Waals surface area contributed by atoms with Crippen molar-refractivity contribution in [3.63, 3.8) is 0 Å². The second-order valence-corrected chi connectivity index (χ2v) is 13.1. The lowest BCUT2D eigenvalue weighted by Crippen LogP contribution is -2.39. The smallest absolute Gasteiger partial charge is 0.256 e. The Hall–Kier alpha value is -4.86. The van der Waals surface area contributed by atoms with Crippen LogP contribution < -0.4 is 14.8 Å². The molecule has 1 aliphatic rings. The summed E-state index contributed by atoms with van der Waals surface area (Å²) in [5.74, 6) is 1.38. The number of aromatic nitrogens is 3. The van der Waals surface area contributed by atoms with Crippen molar-refractivity contribution in [2.24, 2.45) is 0 Å². The number of benzene rings is 4. The summed E-state index contributed by atoms with van der Waals surface area (Å²) in [4.78, 5) is 21.8. The summed E-state index contributed by atoms with van der Waals surface area (Å²) >= 11 is 2.13. The molecule has 7 rings (SSSR count). The lowest BCUT2D eigenvalue weighted by molar-refractivity contribution is -0.0941. The van der Waals surface area contributed by atoms with E-state index in [9.17, 15) is 15.0 Å². The quantitative estimate of drug-likeness (QED) is 0.108. The van der Waals surface area contributed by atoms with Crippen molar-refractivity contribution in [1.82, 2.24) is 14.5 Å². The van der Waals surface area contributed by atoms with Crippen LogP contribution in [0.3, 0.4) is 0 Å². The van der Waals surface area contributed by atoms with Crippen molar-refractivity contribution in [3.05, 3.63) is 148 Å². The van der Waals surface area contributed by atoms with Gasteiger partial charge in [0, 0.05) is 15.3 Å². The fourth-order valence-electron chi connectivity index (χ4n) is 6.48. The molecule has 1 aliphatic heterocycles. The van der Waals surface area contributed by atoms with Crippen molar-refractivity contribution in [1.29, 1.82) is 0 Å². The molecule has 51 heavy (non-hydrogen) atoms. The van der Waals surface area contributed by atoms with E-state index in [4.69, 9.17) is 18.9 Å². The van der Waals surface area contributed by atoms with Gasteiger partial charge >= 0.3 is 0 Å². The van der Waals surface area contributed by atoms with Gasteiger partial charge in [-0.05, 0) is 75.7 Å². The van der Waals surface area contributed by atoms with Crippen LogP contribution >= 0.6 is 22.6 Å². The van der Waals surface area contributed by atoms with Gasteiger partial charge in [-0.2, -0.15) is 0 Å². The second kappa shape index (κ2) is 14.8. The molecule has 260 valence electrons. The van der Waals surface area contributed by atoms with Gasteiger partial charge in [-0.1, -0.05) is 72.8 Å². The van der Waals surface area contributed by atoms with Gasteiger partial charge in [-0.3, -0.25) is 4.79 Å². The number of hydrogen-bond acceptors (Lipinski definition) is 9. The summed E-state index contributed by atoms with van der Waals surface area (Å²) in [6.45, 7) is -0.0919. The first-order chi connectivity index (χ1) is 24.8. The lowest BCUT2D eigenvalue weighted by Gasteiger charge is -2.37. The Morgan fingerprint density at radius 2 is 1.39 bits per heavy atom. The Morgan fingerprint density at radius 1 is 0.824 bits per heavy atom. The molecule has 0 aliphatic carbocycles. The molecule has 1 fully saturated rings. The monoisotopic (exact) mass is 798 g/mol. The number of fused-ring (bicyclic) bond motifs is 1. The molecule has 0 radical (unpaired) electrons. The molecule has 1 saturated heterocycles. The van der Waals surface area contributed by atoms with E-state index in [1.165, 1.54) is 6.33 Å². The number of amides is 1. The van der Waals surface area contributed by atoms with Gasteiger partial charge in [-0.25, -0.2) is 9.97 Å². The van der Waals surface area contributed by atoms with Crippen LogP contribution in [0.15, 0.2) is 122 Å². The summed E-state index contributed by atoms with van der Waals surface area (Å²) in [7, 11) is 3.23. The Labute approximate surface area is 307 Å². The molecular weight excluding hydrogens is 763 g/mol. The fourth-order valence-corrected chi connectivity index (χ4v) is 7.27. The number of hydrogen-bond donors (Lipinski definition) is 3. The van der Waals surface area contributed by atoms with Crippen molar-refractivity contribution in [3.8, 4) is 11.5 Å². The Bertz CT molecular complexity index is 2060. The van der Waals surface area contributed by atoms with E-state index < -0.39 is 30.1 Å². The van der Waals surface area contributed by atoms with Gasteiger partial charge < -0.3 is 39.0 Å². The molecule has 3 N–H and O–H groups in total. The summed E-state index contributed by atoms with van der Waals surface area (Å²) < 4.78 is 26.6. The summed E-state index contributed by atoms with van der Waals surface area (Å²) in [6.07, 6.45) is -1.48. The first-order valence-electron chi connectivity index (χ1n) is 16.2. The molecule has 1 amide bonds. The van der Waals surface area contributed by atoms with Crippen LogP contribution in [-0.4, -0.2) is 69.8 Å². The summed E-state index contributed by atoms with van der Waals surface area (Å²) in [5.41, 5.74) is 2.23. The van der Waals surface area contributed by atoms with E-state index >= 15 is 0 Å². The van der Waals surface area contributed by atoms with Crippen LogP contribution in [0.1, 0.15) is 33.3 Å². The first-order valence-corrected chi connectivity index (χ1v) is 17.3. The maximum absolute atomic E-state index is 13.0. The van der Waals surface area contributed by atoms with Gasteiger partial charge in [0.25, 0.3) is 5.91 Å². The van der Waals surface area contributed by atoms with E-state index in [1.807, 2.05) is 84.9 Å². The number of aliphatic hydroxyl groups excluding tert-OH is 2. The number of nitrogens with one attached hydrogen (secondary N) is 1. The standard InChI is InChI=1S/C39H35IN4O7/c1-48-28-17-13-26(14-18-28)39(25-11-7-4-8-12-25,27-15-19-29(49-2)20-16-27)50-22-31-33(45)34(46)38(51-31)44-21-30(40)32-35(41-23-42-36(32)44)43-37(47)24-9-5-3-6-10-24/h3-21,23,31,33-34,38,45-46H,22H2,1-2H3,(H,41,42,43,47)/t31-,33-,34-,38-/m1/s1. The minimum Gasteiger partial charge on any atom is -0.497 e. The van der Waals surface area contributed by atoms with Gasteiger partial charge in [-0.15, -0.1) is 0 Å². The number of nitrogens with zero attached hydrogens (tertiary/aromatic N) is 3. The first kappa shape index (κ1) is 34.6. The lowest BCUT2D eigenvalue weighted by atomic mass is 9.80. The molecular formula is C39H35IN4O7. The third-order valence-electron chi connectivity index (χ3n) is 9.08. The zero-order chi connectivity index (χ0) is 35.5. The number of carbonyl (C=O) groups is 1. The highest BCUT2D eigenvalue weighted by atomic mass is 127. The van der Waals surface area contributed by atoms with E-state index in [1.54, 1.807) is 49.2 Å². The molecule has 3 heterocycles. The molecule has 2 aromatic heterocycles. The van der Waals surface area contributed by atoms with Crippen molar-refractivity contribution in [2.45, 2.75) is 30.1 Å². The number of carbonyl (C=O) groups excluding carboxylic acids is 1. The Morgan fingerprint density at radius 3 is 1.98 bits per heavy atom. The predicted octanol–water partition coefficient (Wildman–Crippen LogP) is 5.93. The number of ether oxygens (including phenoxy) is 4. The van der Waals surface area contributed by atoms with Gasteiger partial charge in [0.15, 0.2) is 6.23 Å². The zero-order valence-corrected chi connectivity index (χ0v) is 29.9. The number of aliphatic hydroxyl groups is 2. The highest BCUT2D eigenvalue weighted by Gasteiger charge is 2.47. The fraction of sp³-hybridized carbons (Fsp3) is 0.205. The van der Waals surface area contributed by atoms with Crippen LogP contribution in [0.5, 0.6) is 11.5 Å². The van der Waals surface area contributed by atoms with Crippen LogP contribution in [0.25, 0.3) is 11.0 Å². The summed E-state index contributed by atoms with van der Waals surface area (Å²) in [5, 5.41) is 26.3. The topological polar surface area (TPSA) is 137 Å². The average molecular weight is 799 g/mol. The maximum atomic E-state index is 13.0. The van der Waals surface area contributed by atoms with E-state index in [2.05, 4.69) is 37.9 Å². The van der Waals surface area contributed by atoms with Gasteiger partial charge in [0.1, 0.15) is 53.2 Å². The SMILES string of the molecule is COc1ccc(C(OC[C@H]2O[C@@H](n3cc(I)c4c(NC(=O)c5ccccc5)ncnc43)[C@H](O)[C@@H]2O)(c2ccccc2)c2ccc(OC)cc2)cc1. The Balaban J connectivity index is 1.22. The van der Waals surface area contributed by atoms with E-state index in [-0.39, 0.29) is 12.5 Å². The zero-order valence-electron chi connectivity index (χ0n) is 27.7. The molecule has 4 atom stereocenters. The second-order valence-electron chi connectivity index (χ2n) is 12.0. The van der Waals surface area contributed by atoms with E-state index in [0.29, 0.717) is 33.9 Å². The van der Waals surface area contributed by atoms with Gasteiger partial charge in [0.2, 0.25) is 0 Å². The minimum absolute atomic E-state index is 0.0919. The maximum Gasteiger partial charge on any atom is 0.256 e. The number of halogens is 1. The molecule has 0 spiro atoms. The highest BCUT2D eigenvalue weighted by molar-refractivity contribution is 14.1. The number of rotatable bonds is 11. The van der Waals surface area contributed by atoms with Gasteiger partial charge in [0.05, 0.1) is 26.2 Å².